The topological polar surface area (TPSA) is 0 Å². The minimum atomic E-state index is 0.569. The van der Waals surface area contributed by atoms with Gasteiger partial charge in [0.05, 0.1) is 0 Å². The van der Waals surface area contributed by atoms with Crippen LogP contribution in [-0.2, 0) is 0 Å². The monoisotopic (exact) mass is 157 g/mol. The van der Waals surface area contributed by atoms with Gasteiger partial charge in [-0.1, -0.05) is 0 Å². The predicted molar refractivity (Wildman–Crippen MR) is 27.3 cm³/mol. The van der Waals surface area contributed by atoms with Crippen molar-refractivity contribution in [1.82, 2.24) is 0 Å². The average molecular weight is 156 g/mol. The van der Waals surface area contributed by atoms with Gasteiger partial charge in [-0.25, -0.2) is 0 Å². The van der Waals surface area contributed by atoms with E-state index in [9.17, 15) is 0 Å². The number of thiocarbonyl (C=S) groups is 1. The molecule has 1 radical (unpaired) electrons. The van der Waals surface area contributed by atoms with Gasteiger partial charge in [0.1, 0.15) is 0 Å². The molecule has 0 amide bonds. The van der Waals surface area contributed by atoms with E-state index in [0.29, 0.717) is 3.10 Å². The van der Waals surface area contributed by atoms with E-state index in [2.05, 4.69) is 40.9 Å². The Bertz CT molecular complexity index is 29.0. The molecular formula is CHS2Se. The van der Waals surface area contributed by atoms with E-state index in [1.165, 1.54) is 0 Å². The van der Waals surface area contributed by atoms with Crippen molar-refractivity contribution in [2.24, 2.45) is 0 Å². The Balaban J connectivity index is 2.80. The molecular weight excluding hydrogens is 155 g/mol. The van der Waals surface area contributed by atoms with E-state index in [4.69, 9.17) is 0 Å². The molecule has 0 aliphatic rings. The fourth-order valence-corrected chi connectivity index (χ4v) is 0. The SMILES string of the molecule is S=C(S)[Se]. The molecule has 0 bridgehead atoms. The minimum absolute atomic E-state index is 0.569. The zero-order chi connectivity index (χ0) is 3.58. The maximum atomic E-state index is 4.35. The van der Waals surface area contributed by atoms with Gasteiger partial charge in [-0.2, -0.15) is 0 Å². The first-order valence-corrected chi connectivity index (χ1v) is 2.34. The molecule has 0 saturated carbocycles. The molecule has 0 aliphatic carbocycles. The van der Waals surface area contributed by atoms with Crippen molar-refractivity contribution in [3.63, 3.8) is 0 Å². The van der Waals surface area contributed by atoms with Crippen LogP contribution in [0, 0.1) is 0 Å². The zero-order valence-electron chi connectivity index (χ0n) is 1.76. The molecule has 0 unspecified atom stereocenters. The van der Waals surface area contributed by atoms with Gasteiger partial charge in [-0.15, -0.1) is 0 Å². The molecule has 0 nitrogen and oxygen atoms in total. The summed E-state index contributed by atoms with van der Waals surface area (Å²) in [4.78, 5) is 0. The van der Waals surface area contributed by atoms with Crippen molar-refractivity contribution >= 4 is 44.0 Å². The Morgan fingerprint density at radius 2 is 2.00 bits per heavy atom. The van der Waals surface area contributed by atoms with Gasteiger partial charge in [0.15, 0.2) is 0 Å². The van der Waals surface area contributed by atoms with Crippen LogP contribution in [0.25, 0.3) is 0 Å². The van der Waals surface area contributed by atoms with E-state index < -0.39 is 0 Å². The molecule has 23 valence electrons. The van der Waals surface area contributed by atoms with Crippen LogP contribution in [-0.4, -0.2) is 19.1 Å². The summed E-state index contributed by atoms with van der Waals surface area (Å²) in [6.07, 6.45) is 0. The number of hydrogen-bond acceptors (Lipinski definition) is 1. The van der Waals surface area contributed by atoms with Crippen LogP contribution >= 0.6 is 24.8 Å². The Morgan fingerprint density at radius 3 is 2.00 bits per heavy atom. The van der Waals surface area contributed by atoms with Crippen molar-refractivity contribution in [1.29, 1.82) is 0 Å². The number of hydrogen-bond donors (Lipinski definition) is 1. The first kappa shape index (κ1) is 4.96. The Hall–Kier alpha value is 0.959. The Kier molecular flexibility index (Phi) is 2.74. The van der Waals surface area contributed by atoms with Crippen molar-refractivity contribution in [3.8, 4) is 0 Å². The van der Waals surface area contributed by atoms with E-state index in [1.807, 2.05) is 0 Å². The van der Waals surface area contributed by atoms with E-state index in [0.717, 1.165) is 0 Å². The van der Waals surface area contributed by atoms with Crippen LogP contribution in [0.5, 0.6) is 0 Å². The molecule has 3 heteroatoms. The second-order valence-electron chi connectivity index (χ2n) is 0.266. The summed E-state index contributed by atoms with van der Waals surface area (Å²) in [5.41, 5.74) is 0. The molecule has 0 aromatic heterocycles. The summed E-state index contributed by atoms with van der Waals surface area (Å²) in [6.45, 7) is 0. The first-order chi connectivity index (χ1) is 1.73. The fraction of sp³-hybridized carbons (Fsp3) is 0. The molecule has 4 heavy (non-hydrogen) atoms. The van der Waals surface area contributed by atoms with Crippen LogP contribution in [0.4, 0.5) is 0 Å². The van der Waals surface area contributed by atoms with Crippen LogP contribution in [0.1, 0.15) is 0 Å². The molecule has 0 N–H and O–H groups in total. The van der Waals surface area contributed by atoms with Gasteiger partial charge in [-0.3, -0.25) is 0 Å². The second-order valence-corrected chi connectivity index (χ2v) is 3.54. The average Bonchev–Trinajstić information content (AvgIpc) is 0.811. The summed E-state index contributed by atoms with van der Waals surface area (Å²) in [5.74, 6) is 0. The molecule has 0 rings (SSSR count). The van der Waals surface area contributed by atoms with Crippen LogP contribution in [0.3, 0.4) is 0 Å². The summed E-state index contributed by atoms with van der Waals surface area (Å²) in [5, 5.41) is 0. The first-order valence-electron chi connectivity index (χ1n) is 0.632. The van der Waals surface area contributed by atoms with Crippen molar-refractivity contribution in [2.75, 3.05) is 0 Å². The second kappa shape index (κ2) is 2.21. The van der Waals surface area contributed by atoms with Gasteiger partial charge in [0.2, 0.25) is 0 Å². The molecule has 0 saturated heterocycles. The standard InChI is InChI=1S/CHS2Se/c2-1(3)4/h(H,2,3). The van der Waals surface area contributed by atoms with Gasteiger partial charge in [0, 0.05) is 0 Å². The fourth-order valence-electron chi connectivity index (χ4n) is 0. The Labute approximate surface area is 44.2 Å². The quantitative estimate of drug-likeness (QED) is 0.300. The molecule has 0 aromatic rings. The van der Waals surface area contributed by atoms with E-state index >= 15 is 0 Å². The van der Waals surface area contributed by atoms with E-state index in [1.54, 1.807) is 0 Å². The number of rotatable bonds is 0. The summed E-state index contributed by atoms with van der Waals surface area (Å²) in [6, 6.07) is 0. The predicted octanol–water partition coefficient (Wildman–Crippen LogP) is 0.370. The van der Waals surface area contributed by atoms with Crippen molar-refractivity contribution in [2.45, 2.75) is 0 Å². The van der Waals surface area contributed by atoms with Crippen LogP contribution in [0.2, 0.25) is 0 Å². The maximum absolute atomic E-state index is 4.35. The number of thiol groups is 1. The molecule has 0 heterocycles. The normalized spacial score (nSPS) is 6.25. The third kappa shape index (κ3) is 12.3. The van der Waals surface area contributed by atoms with Crippen molar-refractivity contribution in [3.05, 3.63) is 0 Å². The molecule has 0 fully saturated rings. The zero-order valence-corrected chi connectivity index (χ0v) is 5.19. The van der Waals surface area contributed by atoms with Crippen LogP contribution in [0.15, 0.2) is 0 Å². The summed E-state index contributed by atoms with van der Waals surface area (Å²) >= 11 is 10.5. The van der Waals surface area contributed by atoms with Gasteiger partial charge in [-0.05, 0) is 0 Å². The van der Waals surface area contributed by atoms with Gasteiger partial charge >= 0.3 is 44.0 Å². The third-order valence-electron chi connectivity index (χ3n) is 0. The third-order valence-corrected chi connectivity index (χ3v) is 0. The van der Waals surface area contributed by atoms with Gasteiger partial charge < -0.3 is 0 Å². The molecule has 0 aliphatic heterocycles. The molecule has 0 atom stereocenters. The van der Waals surface area contributed by atoms with Gasteiger partial charge in [0.25, 0.3) is 0 Å². The molecule has 0 spiro atoms. The van der Waals surface area contributed by atoms with Crippen LogP contribution < -0.4 is 0 Å². The molecule has 0 aromatic carbocycles. The summed E-state index contributed by atoms with van der Waals surface area (Å²) < 4.78 is 0.569. The Morgan fingerprint density at radius 1 is 2.00 bits per heavy atom. The van der Waals surface area contributed by atoms with Crippen molar-refractivity contribution < 1.29 is 0 Å². The summed E-state index contributed by atoms with van der Waals surface area (Å²) in [7, 11) is 0. The van der Waals surface area contributed by atoms with E-state index in [-0.39, 0.29) is 0 Å².